The number of ketones is 1. The molecule has 1 aromatic carbocycles. The van der Waals surface area contributed by atoms with E-state index in [1.165, 1.54) is 6.07 Å². The fourth-order valence-electron chi connectivity index (χ4n) is 2.55. The lowest BCUT2D eigenvalue weighted by Crippen LogP contribution is -2.12. The number of carbonyl (C=O) groups excluding carboxylic acids is 1. The summed E-state index contributed by atoms with van der Waals surface area (Å²) in [6.45, 7) is 0. The lowest BCUT2D eigenvalue weighted by atomic mass is 9.88. The van der Waals surface area contributed by atoms with Gasteiger partial charge in [0.05, 0.1) is 0 Å². The van der Waals surface area contributed by atoms with Crippen molar-refractivity contribution in [2.75, 3.05) is 0 Å². The average Bonchev–Trinajstić information content (AvgIpc) is 2.92. The maximum absolute atomic E-state index is 13.7. The smallest absolute Gasteiger partial charge is 0.229 e. The van der Waals surface area contributed by atoms with Crippen molar-refractivity contribution in [3.63, 3.8) is 0 Å². The Morgan fingerprint density at radius 2 is 2.10 bits per heavy atom. The largest absolute Gasteiger partial charge is 0.339 e. The molecule has 0 radical (unpaired) electrons. The summed E-state index contributed by atoms with van der Waals surface area (Å²) in [5, 5.41) is 4.24. The molecule has 1 aliphatic rings. The number of hydrogen-bond acceptors (Lipinski definition) is 4. The van der Waals surface area contributed by atoms with Crippen LogP contribution < -0.4 is 0 Å². The highest BCUT2D eigenvalue weighted by Gasteiger charge is 2.25. The van der Waals surface area contributed by atoms with Crippen LogP contribution in [0.25, 0.3) is 0 Å². The summed E-state index contributed by atoms with van der Waals surface area (Å²) in [6, 6.07) is 4.55. The van der Waals surface area contributed by atoms with Crippen molar-refractivity contribution in [2.24, 2.45) is 0 Å². The van der Waals surface area contributed by atoms with Gasteiger partial charge in [0.2, 0.25) is 5.89 Å². The molecule has 0 atom stereocenters. The quantitative estimate of drug-likeness (QED) is 0.868. The molecule has 1 heterocycles. The van der Waals surface area contributed by atoms with Crippen LogP contribution in [0.15, 0.2) is 22.7 Å². The number of Topliss-reactive ketones (excluding diaryl/α,β-unsaturated/α-hetero) is 1. The second-order valence-electron chi connectivity index (χ2n) is 5.24. The van der Waals surface area contributed by atoms with E-state index in [0.29, 0.717) is 35.1 Å². The molecule has 4 nitrogen and oxygen atoms in total. The highest BCUT2D eigenvalue weighted by Crippen LogP contribution is 2.30. The molecule has 6 heteroatoms. The maximum Gasteiger partial charge on any atom is 0.229 e. The van der Waals surface area contributed by atoms with Gasteiger partial charge in [-0.1, -0.05) is 22.8 Å². The van der Waals surface area contributed by atoms with E-state index in [0.717, 1.165) is 12.8 Å². The van der Waals surface area contributed by atoms with Crippen LogP contribution in [0.3, 0.4) is 0 Å². The summed E-state index contributed by atoms with van der Waals surface area (Å²) < 4.78 is 19.0. The topological polar surface area (TPSA) is 56.0 Å². The predicted molar refractivity (Wildman–Crippen MR) is 74.7 cm³/mol. The van der Waals surface area contributed by atoms with Crippen molar-refractivity contribution in [3.8, 4) is 0 Å². The molecule has 1 aromatic heterocycles. The summed E-state index contributed by atoms with van der Waals surface area (Å²) >= 11 is 5.99. The van der Waals surface area contributed by atoms with Crippen molar-refractivity contribution in [3.05, 3.63) is 46.3 Å². The third-order valence-electron chi connectivity index (χ3n) is 3.77. The Bertz CT molecular complexity index is 641. The zero-order chi connectivity index (χ0) is 14.8. The van der Waals surface area contributed by atoms with Crippen molar-refractivity contribution < 1.29 is 13.7 Å². The lowest BCUT2D eigenvalue weighted by Gasteiger charge is -2.16. The second-order valence-corrected chi connectivity index (χ2v) is 5.65. The van der Waals surface area contributed by atoms with Gasteiger partial charge in [-0.05, 0) is 25.0 Å². The van der Waals surface area contributed by atoms with E-state index in [1.807, 2.05) is 0 Å². The van der Waals surface area contributed by atoms with E-state index in [9.17, 15) is 9.18 Å². The number of benzene rings is 1. The Morgan fingerprint density at radius 1 is 1.33 bits per heavy atom. The van der Waals surface area contributed by atoms with Gasteiger partial charge in [0, 0.05) is 35.8 Å². The first-order chi connectivity index (χ1) is 10.1. The number of halogens is 2. The van der Waals surface area contributed by atoms with Crippen LogP contribution >= 0.6 is 11.6 Å². The minimum Gasteiger partial charge on any atom is -0.339 e. The van der Waals surface area contributed by atoms with Gasteiger partial charge >= 0.3 is 0 Å². The van der Waals surface area contributed by atoms with E-state index >= 15 is 0 Å². The van der Waals surface area contributed by atoms with Gasteiger partial charge in [-0.3, -0.25) is 4.79 Å². The molecule has 0 N–H and O–H groups in total. The highest BCUT2D eigenvalue weighted by molar-refractivity contribution is 6.31. The Kier molecular flexibility index (Phi) is 4.01. The SMILES string of the molecule is O=C1CCC(c2nc(Cc3c(F)cccc3Cl)no2)CC1. The molecule has 0 unspecified atom stereocenters. The molecule has 2 aromatic rings. The molecule has 0 saturated heterocycles. The average molecular weight is 309 g/mol. The van der Waals surface area contributed by atoms with Crippen LogP contribution in [0, 0.1) is 5.82 Å². The molecule has 1 aliphatic carbocycles. The number of aromatic nitrogens is 2. The number of rotatable bonds is 3. The van der Waals surface area contributed by atoms with E-state index in [4.69, 9.17) is 16.1 Å². The maximum atomic E-state index is 13.7. The molecule has 21 heavy (non-hydrogen) atoms. The zero-order valence-electron chi connectivity index (χ0n) is 11.3. The first-order valence-corrected chi connectivity index (χ1v) is 7.28. The third kappa shape index (κ3) is 3.13. The van der Waals surface area contributed by atoms with Crippen LogP contribution in [-0.4, -0.2) is 15.9 Å². The Balaban J connectivity index is 1.75. The van der Waals surface area contributed by atoms with Crippen molar-refractivity contribution >= 4 is 17.4 Å². The number of hydrogen-bond donors (Lipinski definition) is 0. The van der Waals surface area contributed by atoms with Gasteiger partial charge in [0.25, 0.3) is 0 Å². The fourth-order valence-corrected chi connectivity index (χ4v) is 2.78. The summed E-state index contributed by atoms with van der Waals surface area (Å²) in [4.78, 5) is 15.6. The monoisotopic (exact) mass is 308 g/mol. The number of nitrogens with zero attached hydrogens (tertiary/aromatic N) is 2. The third-order valence-corrected chi connectivity index (χ3v) is 4.13. The van der Waals surface area contributed by atoms with Crippen LogP contribution in [-0.2, 0) is 11.2 Å². The number of carbonyl (C=O) groups is 1. The van der Waals surface area contributed by atoms with Gasteiger partial charge in [0.15, 0.2) is 5.82 Å². The summed E-state index contributed by atoms with van der Waals surface area (Å²) in [6.07, 6.45) is 2.78. The summed E-state index contributed by atoms with van der Waals surface area (Å²) in [5.74, 6) is 0.972. The molecule has 3 rings (SSSR count). The molecule has 0 aliphatic heterocycles. The summed E-state index contributed by atoms with van der Waals surface area (Å²) in [5.41, 5.74) is 0.366. The van der Waals surface area contributed by atoms with Gasteiger partial charge in [-0.15, -0.1) is 0 Å². The first-order valence-electron chi connectivity index (χ1n) is 6.90. The van der Waals surface area contributed by atoms with Crippen LogP contribution in [0.1, 0.15) is 48.9 Å². The second kappa shape index (κ2) is 5.93. The lowest BCUT2D eigenvalue weighted by molar-refractivity contribution is -0.120. The molecule has 0 spiro atoms. The highest BCUT2D eigenvalue weighted by atomic mass is 35.5. The molecular weight excluding hydrogens is 295 g/mol. The molecule has 110 valence electrons. The minimum atomic E-state index is -0.378. The van der Waals surface area contributed by atoms with E-state index in [2.05, 4.69) is 10.1 Å². The van der Waals surface area contributed by atoms with Crippen molar-refractivity contribution in [1.29, 1.82) is 0 Å². The Hall–Kier alpha value is -1.75. The Morgan fingerprint density at radius 3 is 2.81 bits per heavy atom. The van der Waals surface area contributed by atoms with Gasteiger partial charge < -0.3 is 4.52 Å². The Labute approximate surface area is 126 Å². The van der Waals surface area contributed by atoms with E-state index in [-0.39, 0.29) is 23.9 Å². The predicted octanol–water partition coefficient (Wildman–Crippen LogP) is 3.68. The first kappa shape index (κ1) is 14.2. The molecule has 0 amide bonds. The fraction of sp³-hybridized carbons (Fsp3) is 0.400. The van der Waals surface area contributed by atoms with Gasteiger partial charge in [-0.25, -0.2) is 4.39 Å². The normalized spacial score (nSPS) is 16.4. The molecule has 1 saturated carbocycles. The summed E-state index contributed by atoms with van der Waals surface area (Å²) in [7, 11) is 0. The van der Waals surface area contributed by atoms with Crippen LogP contribution in [0.4, 0.5) is 4.39 Å². The van der Waals surface area contributed by atoms with E-state index < -0.39 is 0 Å². The van der Waals surface area contributed by atoms with Crippen LogP contribution in [0.2, 0.25) is 5.02 Å². The van der Waals surface area contributed by atoms with E-state index in [1.54, 1.807) is 12.1 Å². The molecular formula is C15H14ClFN2O2. The van der Waals surface area contributed by atoms with Crippen molar-refractivity contribution in [2.45, 2.75) is 38.0 Å². The zero-order valence-corrected chi connectivity index (χ0v) is 12.1. The van der Waals surface area contributed by atoms with Gasteiger partial charge in [-0.2, -0.15) is 4.98 Å². The molecule has 0 bridgehead atoms. The van der Waals surface area contributed by atoms with Crippen LogP contribution in [0.5, 0.6) is 0 Å². The molecule has 1 fully saturated rings. The van der Waals surface area contributed by atoms with Gasteiger partial charge in [0.1, 0.15) is 11.6 Å². The standard InChI is InChI=1S/C15H14ClFN2O2/c16-12-2-1-3-13(17)11(12)8-14-18-15(21-19-14)9-4-6-10(20)7-5-9/h1-3,9H,4-8H2. The minimum absolute atomic E-state index is 0.125. The van der Waals surface area contributed by atoms with Crippen molar-refractivity contribution in [1.82, 2.24) is 10.1 Å².